The van der Waals surface area contributed by atoms with Gasteiger partial charge in [0.05, 0.1) is 0 Å². The first-order valence-electron chi connectivity index (χ1n) is 7.78. The zero-order chi connectivity index (χ0) is 13.4. The van der Waals surface area contributed by atoms with Crippen LogP contribution in [0.2, 0.25) is 0 Å². The van der Waals surface area contributed by atoms with E-state index in [1.165, 1.54) is 37.9 Å². The Labute approximate surface area is 121 Å². The van der Waals surface area contributed by atoms with Gasteiger partial charge >= 0.3 is 0 Å². The molecule has 102 valence electrons. The van der Waals surface area contributed by atoms with Crippen LogP contribution in [0.4, 0.5) is 0 Å². The van der Waals surface area contributed by atoms with Gasteiger partial charge in [0.2, 0.25) is 0 Å². The van der Waals surface area contributed by atoms with Gasteiger partial charge in [-0.2, -0.15) is 0 Å². The topological polar surface area (TPSA) is 3.24 Å². The summed E-state index contributed by atoms with van der Waals surface area (Å²) < 4.78 is 0. The van der Waals surface area contributed by atoms with E-state index in [0.29, 0.717) is 5.92 Å². The molecule has 2 aliphatic heterocycles. The highest BCUT2D eigenvalue weighted by atomic mass is 15.2. The highest BCUT2D eigenvalue weighted by Crippen LogP contribution is 2.35. The fraction of sp³-hybridized carbons (Fsp3) is 0.368. The number of nitrogens with zero attached hydrogens (tertiary/aromatic N) is 1. The van der Waals surface area contributed by atoms with Crippen LogP contribution in [0.25, 0.3) is 0 Å². The Hall–Kier alpha value is -1.60. The van der Waals surface area contributed by atoms with Crippen molar-refractivity contribution in [1.29, 1.82) is 0 Å². The highest BCUT2D eigenvalue weighted by molar-refractivity contribution is 5.40. The van der Waals surface area contributed by atoms with Crippen molar-refractivity contribution < 1.29 is 0 Å². The fourth-order valence-electron chi connectivity index (χ4n) is 3.98. The lowest BCUT2D eigenvalue weighted by atomic mass is 9.87. The van der Waals surface area contributed by atoms with E-state index in [2.05, 4.69) is 59.5 Å². The Morgan fingerprint density at radius 3 is 2.60 bits per heavy atom. The molecule has 0 aromatic heterocycles. The molecule has 1 heteroatoms. The van der Waals surface area contributed by atoms with Crippen molar-refractivity contribution in [2.24, 2.45) is 0 Å². The number of fused-ring (bicyclic) bond motifs is 2. The van der Waals surface area contributed by atoms with Crippen LogP contribution < -0.4 is 0 Å². The van der Waals surface area contributed by atoms with Crippen LogP contribution in [0.15, 0.2) is 54.6 Å². The third-order valence-electron chi connectivity index (χ3n) is 5.00. The normalized spacial score (nSPS) is 25.8. The summed E-state index contributed by atoms with van der Waals surface area (Å²) >= 11 is 0. The van der Waals surface area contributed by atoms with Crippen LogP contribution in [0, 0.1) is 0 Å². The minimum atomic E-state index is 0.537. The van der Waals surface area contributed by atoms with Gasteiger partial charge in [-0.15, -0.1) is 0 Å². The molecule has 4 rings (SSSR count). The van der Waals surface area contributed by atoms with E-state index >= 15 is 0 Å². The molecule has 2 aromatic carbocycles. The Bertz CT molecular complexity index is 590. The molecule has 2 heterocycles. The minimum Gasteiger partial charge on any atom is -0.299 e. The summed E-state index contributed by atoms with van der Waals surface area (Å²) in [6.07, 6.45) is 3.98. The van der Waals surface area contributed by atoms with Crippen LogP contribution >= 0.6 is 0 Å². The molecule has 20 heavy (non-hydrogen) atoms. The first-order chi connectivity index (χ1) is 9.92. The second-order valence-corrected chi connectivity index (χ2v) is 6.16. The van der Waals surface area contributed by atoms with Gasteiger partial charge in [0, 0.05) is 18.5 Å². The number of hydrogen-bond donors (Lipinski definition) is 0. The smallest absolute Gasteiger partial charge is 0.0220 e. The van der Waals surface area contributed by atoms with E-state index in [9.17, 15) is 0 Å². The molecule has 1 saturated heterocycles. The molecule has 2 aliphatic rings. The predicted molar refractivity (Wildman–Crippen MR) is 83.0 cm³/mol. The Kier molecular flexibility index (Phi) is 3.08. The van der Waals surface area contributed by atoms with Crippen LogP contribution in [0.5, 0.6) is 0 Å². The summed E-state index contributed by atoms with van der Waals surface area (Å²) in [7, 11) is 0. The molecule has 2 atom stereocenters. The van der Waals surface area contributed by atoms with Crippen LogP contribution in [-0.2, 0) is 6.42 Å². The van der Waals surface area contributed by atoms with Crippen molar-refractivity contribution in [1.82, 2.24) is 4.90 Å². The third kappa shape index (κ3) is 2.06. The lowest BCUT2D eigenvalue weighted by molar-refractivity contribution is 0.254. The monoisotopic (exact) mass is 263 g/mol. The van der Waals surface area contributed by atoms with Gasteiger partial charge in [-0.1, -0.05) is 54.6 Å². The van der Waals surface area contributed by atoms with Gasteiger partial charge in [-0.05, 0) is 42.5 Å². The van der Waals surface area contributed by atoms with Crippen LogP contribution in [-0.4, -0.2) is 24.0 Å². The van der Waals surface area contributed by atoms with Crippen molar-refractivity contribution in [3.63, 3.8) is 0 Å². The molecular formula is C19H21N. The number of rotatable bonds is 1. The second kappa shape index (κ2) is 5.06. The van der Waals surface area contributed by atoms with E-state index in [1.807, 2.05) is 0 Å². The molecule has 0 spiro atoms. The van der Waals surface area contributed by atoms with E-state index < -0.39 is 0 Å². The Balaban J connectivity index is 1.80. The van der Waals surface area contributed by atoms with Gasteiger partial charge in [-0.3, -0.25) is 4.90 Å². The largest absolute Gasteiger partial charge is 0.299 e. The lowest BCUT2D eigenvalue weighted by Crippen LogP contribution is -2.32. The molecule has 0 unspecified atom stereocenters. The van der Waals surface area contributed by atoms with Gasteiger partial charge in [0.1, 0.15) is 0 Å². The van der Waals surface area contributed by atoms with Gasteiger partial charge in [-0.25, -0.2) is 0 Å². The van der Waals surface area contributed by atoms with Crippen LogP contribution in [0.1, 0.15) is 35.4 Å². The SMILES string of the molecule is c1ccc([C@H]2CN3CCC[C@H]3Cc3ccccc32)cc1. The second-order valence-electron chi connectivity index (χ2n) is 6.16. The number of hydrogen-bond acceptors (Lipinski definition) is 1. The molecule has 1 fully saturated rings. The predicted octanol–water partition coefficient (Wildman–Crippen LogP) is 3.84. The van der Waals surface area contributed by atoms with E-state index in [1.54, 1.807) is 11.1 Å². The van der Waals surface area contributed by atoms with Gasteiger partial charge in [0.15, 0.2) is 0 Å². The first-order valence-corrected chi connectivity index (χ1v) is 7.78. The van der Waals surface area contributed by atoms with Gasteiger partial charge in [0.25, 0.3) is 0 Å². The van der Waals surface area contributed by atoms with Crippen LogP contribution in [0.3, 0.4) is 0 Å². The number of benzene rings is 2. The Morgan fingerprint density at radius 2 is 1.70 bits per heavy atom. The summed E-state index contributed by atoms with van der Waals surface area (Å²) in [6.45, 7) is 2.47. The summed E-state index contributed by atoms with van der Waals surface area (Å²) in [6, 6.07) is 20.9. The summed E-state index contributed by atoms with van der Waals surface area (Å²) in [5, 5.41) is 0. The van der Waals surface area contributed by atoms with E-state index in [-0.39, 0.29) is 0 Å². The molecule has 0 aliphatic carbocycles. The van der Waals surface area contributed by atoms with Gasteiger partial charge < -0.3 is 0 Å². The third-order valence-corrected chi connectivity index (χ3v) is 5.00. The standard InChI is InChI=1S/C19H21N/c1-2-7-15(8-3-1)19-14-20-12-6-10-17(20)13-16-9-4-5-11-18(16)19/h1-5,7-9,11,17,19H,6,10,12-14H2/t17-,19+/m0/s1. The Morgan fingerprint density at radius 1 is 0.900 bits per heavy atom. The molecule has 0 N–H and O–H groups in total. The zero-order valence-corrected chi connectivity index (χ0v) is 11.8. The zero-order valence-electron chi connectivity index (χ0n) is 11.8. The highest BCUT2D eigenvalue weighted by Gasteiger charge is 2.32. The maximum absolute atomic E-state index is 2.72. The van der Waals surface area contributed by atoms with Crippen molar-refractivity contribution >= 4 is 0 Å². The van der Waals surface area contributed by atoms with Crippen molar-refractivity contribution in [3.05, 3.63) is 71.3 Å². The lowest BCUT2D eigenvalue weighted by Gasteiger charge is -2.25. The molecular weight excluding hydrogens is 242 g/mol. The van der Waals surface area contributed by atoms with Crippen molar-refractivity contribution in [2.75, 3.05) is 13.1 Å². The molecule has 0 bridgehead atoms. The average molecular weight is 263 g/mol. The summed E-state index contributed by atoms with van der Waals surface area (Å²) in [5.41, 5.74) is 4.58. The molecule has 1 nitrogen and oxygen atoms in total. The summed E-state index contributed by atoms with van der Waals surface area (Å²) in [5.74, 6) is 0.537. The molecule has 0 saturated carbocycles. The minimum absolute atomic E-state index is 0.537. The summed E-state index contributed by atoms with van der Waals surface area (Å²) in [4.78, 5) is 2.72. The first kappa shape index (κ1) is 12.2. The maximum atomic E-state index is 2.72. The molecule has 0 radical (unpaired) electrons. The van der Waals surface area contributed by atoms with E-state index in [0.717, 1.165) is 6.04 Å². The molecule has 0 amide bonds. The van der Waals surface area contributed by atoms with Crippen molar-refractivity contribution in [3.8, 4) is 0 Å². The average Bonchev–Trinajstić information content (AvgIpc) is 2.87. The fourth-order valence-corrected chi connectivity index (χ4v) is 3.98. The maximum Gasteiger partial charge on any atom is 0.0220 e. The molecule has 2 aromatic rings. The quantitative estimate of drug-likeness (QED) is 0.755. The van der Waals surface area contributed by atoms with E-state index in [4.69, 9.17) is 0 Å². The van der Waals surface area contributed by atoms with Crippen molar-refractivity contribution in [2.45, 2.75) is 31.2 Å².